The SMILES string of the molecule is CCCCCCCCCCCCCC[N+](CC(=O)[O-])(CC(=O)O)CC(=O)O. The second kappa shape index (κ2) is 15.4. The molecule has 0 aromatic heterocycles. The molecule has 0 saturated carbocycles. The summed E-state index contributed by atoms with van der Waals surface area (Å²) < 4.78 is -0.495. The zero-order valence-electron chi connectivity index (χ0n) is 16.8. The molecule has 0 atom stereocenters. The van der Waals surface area contributed by atoms with Crippen molar-refractivity contribution in [1.29, 1.82) is 0 Å². The number of hydrogen-bond donors (Lipinski definition) is 2. The van der Waals surface area contributed by atoms with Crippen LogP contribution >= 0.6 is 0 Å². The molecule has 0 aliphatic heterocycles. The van der Waals surface area contributed by atoms with Gasteiger partial charge in [0.2, 0.25) is 0 Å². The highest BCUT2D eigenvalue weighted by Gasteiger charge is 2.33. The molecule has 0 aliphatic rings. The van der Waals surface area contributed by atoms with Gasteiger partial charge in [-0.05, 0) is 12.8 Å². The fourth-order valence-electron chi connectivity index (χ4n) is 3.54. The van der Waals surface area contributed by atoms with Gasteiger partial charge in [-0.25, -0.2) is 9.59 Å². The standard InChI is InChI=1S/C20H37NO6/c1-2-3-4-5-6-7-8-9-10-11-12-13-14-21(15-18(22)23,16-19(24)25)17-20(26)27/h2-17H2,1H3,(H2-,22,23,24,25,26,27). The van der Waals surface area contributed by atoms with Crippen molar-refractivity contribution >= 4 is 17.9 Å². The van der Waals surface area contributed by atoms with Gasteiger partial charge in [0.25, 0.3) is 0 Å². The Balaban J connectivity index is 4.06. The third kappa shape index (κ3) is 15.2. The molecule has 27 heavy (non-hydrogen) atoms. The lowest BCUT2D eigenvalue weighted by Gasteiger charge is -2.36. The highest BCUT2D eigenvalue weighted by atomic mass is 16.4. The Morgan fingerprint density at radius 2 is 1.04 bits per heavy atom. The molecule has 0 aromatic rings. The number of aliphatic carboxylic acids is 3. The zero-order valence-corrected chi connectivity index (χ0v) is 16.8. The molecule has 0 heterocycles. The number of carboxylic acids is 3. The summed E-state index contributed by atoms with van der Waals surface area (Å²) in [6.45, 7) is 0.822. The summed E-state index contributed by atoms with van der Waals surface area (Å²) >= 11 is 0. The predicted octanol–water partition coefficient (Wildman–Crippen LogP) is 2.42. The molecule has 0 fully saturated rings. The first-order valence-electron chi connectivity index (χ1n) is 10.3. The monoisotopic (exact) mass is 387 g/mol. The zero-order chi connectivity index (χ0) is 20.5. The third-order valence-corrected chi connectivity index (χ3v) is 4.89. The van der Waals surface area contributed by atoms with E-state index in [2.05, 4.69) is 6.92 Å². The Bertz CT molecular complexity index is 397. The topological polar surface area (TPSA) is 115 Å². The van der Waals surface area contributed by atoms with E-state index in [4.69, 9.17) is 10.2 Å². The minimum Gasteiger partial charge on any atom is -0.544 e. The summed E-state index contributed by atoms with van der Waals surface area (Å²) in [5.41, 5.74) is 0. The molecule has 0 saturated heterocycles. The quantitative estimate of drug-likeness (QED) is 0.260. The van der Waals surface area contributed by atoms with Gasteiger partial charge in [0.1, 0.15) is 6.54 Å². The van der Waals surface area contributed by atoms with Gasteiger partial charge in [-0.1, -0.05) is 71.1 Å². The number of carboxylic acid groups (broad SMARTS) is 3. The fraction of sp³-hybridized carbons (Fsp3) is 0.850. The van der Waals surface area contributed by atoms with Crippen molar-refractivity contribution in [3.05, 3.63) is 0 Å². The molecular weight excluding hydrogens is 350 g/mol. The molecule has 0 radical (unpaired) electrons. The molecule has 0 aromatic carbocycles. The Labute approximate surface area is 163 Å². The van der Waals surface area contributed by atoms with Crippen LogP contribution < -0.4 is 5.11 Å². The summed E-state index contributed by atoms with van der Waals surface area (Å²) in [6.07, 6.45) is 13.8. The molecule has 0 amide bonds. The van der Waals surface area contributed by atoms with E-state index in [-0.39, 0.29) is 6.54 Å². The van der Waals surface area contributed by atoms with Gasteiger partial charge in [0, 0.05) is 0 Å². The van der Waals surface area contributed by atoms with E-state index in [0.717, 1.165) is 19.3 Å². The van der Waals surface area contributed by atoms with Gasteiger partial charge in [-0.2, -0.15) is 0 Å². The molecule has 7 heteroatoms. The average Bonchev–Trinajstić information content (AvgIpc) is 2.53. The van der Waals surface area contributed by atoms with Crippen LogP contribution in [0.2, 0.25) is 0 Å². The molecule has 2 N–H and O–H groups in total. The summed E-state index contributed by atoms with van der Waals surface area (Å²) in [6, 6.07) is 0. The molecule has 0 spiro atoms. The normalized spacial score (nSPS) is 11.4. The van der Waals surface area contributed by atoms with Gasteiger partial charge in [-0.3, -0.25) is 0 Å². The van der Waals surface area contributed by atoms with Gasteiger partial charge < -0.3 is 24.6 Å². The number of carbonyl (C=O) groups is 3. The third-order valence-electron chi connectivity index (χ3n) is 4.89. The van der Waals surface area contributed by atoms with Crippen molar-refractivity contribution in [2.24, 2.45) is 0 Å². The highest BCUT2D eigenvalue weighted by molar-refractivity contribution is 5.72. The van der Waals surface area contributed by atoms with Crippen LogP contribution in [0.5, 0.6) is 0 Å². The number of unbranched alkanes of at least 4 members (excludes halogenated alkanes) is 11. The summed E-state index contributed by atoms with van der Waals surface area (Å²) in [5, 5.41) is 29.1. The smallest absolute Gasteiger partial charge is 0.359 e. The maximum Gasteiger partial charge on any atom is 0.359 e. The van der Waals surface area contributed by atoms with E-state index in [1.807, 2.05) is 0 Å². The summed E-state index contributed by atoms with van der Waals surface area (Å²) in [4.78, 5) is 33.1. The van der Waals surface area contributed by atoms with E-state index in [1.165, 1.54) is 51.4 Å². The van der Waals surface area contributed by atoms with Crippen LogP contribution in [0.3, 0.4) is 0 Å². The van der Waals surface area contributed by atoms with E-state index in [9.17, 15) is 19.5 Å². The van der Waals surface area contributed by atoms with Crippen LogP contribution in [0, 0.1) is 0 Å². The van der Waals surface area contributed by atoms with Crippen LogP contribution in [0.15, 0.2) is 0 Å². The van der Waals surface area contributed by atoms with Crippen LogP contribution in [0.4, 0.5) is 0 Å². The summed E-state index contributed by atoms with van der Waals surface area (Å²) in [7, 11) is 0. The second-order valence-electron chi connectivity index (χ2n) is 7.59. The van der Waals surface area contributed by atoms with Gasteiger partial charge in [0.05, 0.1) is 12.5 Å². The lowest BCUT2D eigenvalue weighted by atomic mass is 10.0. The van der Waals surface area contributed by atoms with E-state index in [0.29, 0.717) is 6.42 Å². The van der Waals surface area contributed by atoms with Crippen molar-refractivity contribution in [3.8, 4) is 0 Å². The molecule has 0 aliphatic carbocycles. The van der Waals surface area contributed by atoms with Gasteiger partial charge in [0.15, 0.2) is 13.1 Å². The molecule has 7 nitrogen and oxygen atoms in total. The molecule has 158 valence electrons. The number of rotatable bonds is 19. The number of hydrogen-bond acceptors (Lipinski definition) is 4. The second-order valence-corrected chi connectivity index (χ2v) is 7.59. The van der Waals surface area contributed by atoms with Crippen LogP contribution in [-0.4, -0.2) is 58.8 Å². The maximum atomic E-state index is 11.1. The van der Waals surface area contributed by atoms with E-state index in [1.54, 1.807) is 0 Å². The molecule has 0 bridgehead atoms. The number of carbonyl (C=O) groups excluding carboxylic acids is 1. The van der Waals surface area contributed by atoms with Crippen molar-refractivity contribution < 1.29 is 34.2 Å². The Morgan fingerprint density at radius 3 is 1.37 bits per heavy atom. The molecule has 0 rings (SSSR count). The predicted molar refractivity (Wildman–Crippen MR) is 101 cm³/mol. The van der Waals surface area contributed by atoms with Gasteiger partial charge in [-0.15, -0.1) is 0 Å². The minimum absolute atomic E-state index is 0.226. The van der Waals surface area contributed by atoms with E-state index >= 15 is 0 Å². The minimum atomic E-state index is -1.42. The van der Waals surface area contributed by atoms with Crippen molar-refractivity contribution in [2.75, 3.05) is 26.2 Å². The average molecular weight is 388 g/mol. The Hall–Kier alpha value is -1.63. The lowest BCUT2D eigenvalue weighted by Crippen LogP contribution is -2.59. The summed E-state index contributed by atoms with van der Waals surface area (Å²) in [5.74, 6) is -3.82. The van der Waals surface area contributed by atoms with Crippen molar-refractivity contribution in [2.45, 2.75) is 84.0 Å². The van der Waals surface area contributed by atoms with Crippen LogP contribution in [0.25, 0.3) is 0 Å². The van der Waals surface area contributed by atoms with Crippen molar-refractivity contribution in [1.82, 2.24) is 0 Å². The van der Waals surface area contributed by atoms with Crippen LogP contribution in [0.1, 0.15) is 84.0 Å². The largest absolute Gasteiger partial charge is 0.544 e. The first-order chi connectivity index (χ1) is 12.8. The Kier molecular flexibility index (Phi) is 14.5. The van der Waals surface area contributed by atoms with Crippen LogP contribution in [-0.2, 0) is 14.4 Å². The molecule has 0 unspecified atom stereocenters. The van der Waals surface area contributed by atoms with Crippen molar-refractivity contribution in [3.63, 3.8) is 0 Å². The first-order valence-corrected chi connectivity index (χ1v) is 10.3. The lowest BCUT2D eigenvalue weighted by molar-refractivity contribution is -0.909. The first kappa shape index (κ1) is 25.4. The maximum absolute atomic E-state index is 11.1. The van der Waals surface area contributed by atoms with Gasteiger partial charge >= 0.3 is 11.9 Å². The number of nitrogens with zero attached hydrogens (tertiary/aromatic N) is 1. The number of quaternary nitrogens is 1. The fourth-order valence-corrected chi connectivity index (χ4v) is 3.54. The highest BCUT2D eigenvalue weighted by Crippen LogP contribution is 2.14. The molecular formula is C20H37NO6. The van der Waals surface area contributed by atoms with E-state index < -0.39 is 42.0 Å². The Morgan fingerprint density at radius 1 is 0.667 bits per heavy atom.